The number of aromatic nitrogens is 2. The van der Waals surface area contributed by atoms with E-state index in [-0.39, 0.29) is 0 Å². The number of fused-ring (bicyclic) bond motifs is 14. The van der Waals surface area contributed by atoms with Gasteiger partial charge in [-0.3, -0.25) is 0 Å². The maximum atomic E-state index is 11.1. The largest absolute Gasteiger partial charge is 0.308 e. The molecular weight excluding hydrogens is 681 g/mol. The minimum absolute atomic E-state index is 0.424. The second-order valence-electron chi connectivity index (χ2n) is 15.0. The number of nitrogens with zero attached hydrogens (tertiary/aromatic N) is 4. The summed E-state index contributed by atoms with van der Waals surface area (Å²) in [6.07, 6.45) is 0. The van der Waals surface area contributed by atoms with Crippen LogP contribution >= 0.6 is 0 Å². The van der Waals surface area contributed by atoms with Gasteiger partial charge in [0.05, 0.1) is 45.6 Å². The topological polar surface area (TPSA) is 38.0 Å². The highest BCUT2D eigenvalue weighted by molar-refractivity contribution is 6.29. The summed E-state index contributed by atoms with van der Waals surface area (Å²) >= 11 is 0. The van der Waals surface area contributed by atoms with Crippen LogP contribution in [0.5, 0.6) is 0 Å². The highest BCUT2D eigenvalue weighted by Crippen LogP contribution is 2.54. The highest BCUT2D eigenvalue weighted by Gasteiger charge is 2.30. The van der Waals surface area contributed by atoms with Crippen LogP contribution in [0, 0.1) is 17.9 Å². The van der Waals surface area contributed by atoms with E-state index in [1.54, 1.807) is 6.07 Å². The average molecular weight is 707 g/mol. The van der Waals surface area contributed by atoms with E-state index in [0.717, 1.165) is 65.8 Å². The molecule has 2 aliphatic carbocycles. The maximum absolute atomic E-state index is 11.1. The average Bonchev–Trinajstić information content (AvgIpc) is 3.98. The summed E-state index contributed by atoms with van der Waals surface area (Å²) in [4.78, 5) is 3.97. The molecule has 0 fully saturated rings. The molecule has 13 rings (SSSR count). The molecule has 4 heteroatoms. The monoisotopic (exact) mass is 706 g/mol. The van der Waals surface area contributed by atoms with Gasteiger partial charge in [0, 0.05) is 32.3 Å². The summed E-state index contributed by atoms with van der Waals surface area (Å²) in [5.74, 6) is 0. The molecule has 2 aliphatic rings. The molecule has 9 aromatic carbocycles. The third kappa shape index (κ3) is 3.48. The molecule has 0 aliphatic heterocycles. The van der Waals surface area contributed by atoms with Crippen LogP contribution in [-0.4, -0.2) is 9.13 Å². The molecule has 11 aromatic rings. The van der Waals surface area contributed by atoms with Crippen molar-refractivity contribution in [2.45, 2.75) is 0 Å². The van der Waals surface area contributed by atoms with Crippen LogP contribution in [0.15, 0.2) is 158 Å². The van der Waals surface area contributed by atoms with E-state index in [0.29, 0.717) is 11.3 Å². The van der Waals surface area contributed by atoms with Crippen LogP contribution in [0.1, 0.15) is 5.56 Å². The zero-order valence-corrected chi connectivity index (χ0v) is 29.8. The Morgan fingerprint density at radius 3 is 1.41 bits per heavy atom. The van der Waals surface area contributed by atoms with Crippen molar-refractivity contribution in [3.63, 3.8) is 0 Å². The van der Waals surface area contributed by atoms with E-state index in [1.807, 2.05) is 6.07 Å². The van der Waals surface area contributed by atoms with Gasteiger partial charge in [0.25, 0.3) is 0 Å². The molecule has 0 atom stereocenters. The molecule has 4 nitrogen and oxygen atoms in total. The van der Waals surface area contributed by atoms with E-state index in [9.17, 15) is 5.26 Å². The van der Waals surface area contributed by atoms with E-state index < -0.39 is 0 Å². The van der Waals surface area contributed by atoms with Crippen LogP contribution in [-0.2, 0) is 0 Å². The molecule has 0 amide bonds. The molecule has 0 unspecified atom stereocenters. The molecule has 0 saturated heterocycles. The highest BCUT2D eigenvalue weighted by atomic mass is 15.1. The summed E-state index contributed by atoms with van der Waals surface area (Å²) < 4.78 is 4.65. The van der Waals surface area contributed by atoms with Crippen molar-refractivity contribution in [2.24, 2.45) is 0 Å². The third-order valence-electron chi connectivity index (χ3n) is 12.4. The molecule has 0 bridgehead atoms. The first kappa shape index (κ1) is 29.5. The minimum atomic E-state index is 0.424. The number of benzene rings is 9. The number of hydrogen-bond donors (Lipinski definition) is 0. The molecule has 0 radical (unpaired) electrons. The molecule has 254 valence electrons. The Kier molecular flexibility index (Phi) is 5.48. The van der Waals surface area contributed by atoms with E-state index in [1.165, 1.54) is 55.3 Å². The Morgan fingerprint density at radius 1 is 0.429 bits per heavy atom. The van der Waals surface area contributed by atoms with Crippen LogP contribution in [0.3, 0.4) is 0 Å². The fourth-order valence-electron chi connectivity index (χ4n) is 10.3. The normalized spacial score (nSPS) is 12.2. The van der Waals surface area contributed by atoms with Crippen molar-refractivity contribution in [3.05, 3.63) is 175 Å². The molecule has 0 saturated carbocycles. The van der Waals surface area contributed by atoms with E-state index in [4.69, 9.17) is 6.57 Å². The van der Waals surface area contributed by atoms with E-state index in [2.05, 4.69) is 166 Å². The van der Waals surface area contributed by atoms with Crippen molar-refractivity contribution in [2.75, 3.05) is 0 Å². The second kappa shape index (κ2) is 10.4. The Hall–Kier alpha value is -7.92. The first-order valence-corrected chi connectivity index (χ1v) is 18.9. The van der Waals surface area contributed by atoms with Gasteiger partial charge < -0.3 is 9.13 Å². The van der Waals surface area contributed by atoms with Crippen LogP contribution in [0.25, 0.3) is 126 Å². The predicted molar refractivity (Wildman–Crippen MR) is 230 cm³/mol. The van der Waals surface area contributed by atoms with Gasteiger partial charge in [0.2, 0.25) is 0 Å². The molecule has 0 N–H and O–H groups in total. The molecule has 56 heavy (non-hydrogen) atoms. The summed E-state index contributed by atoms with van der Waals surface area (Å²) in [5.41, 5.74) is 16.5. The van der Waals surface area contributed by atoms with Crippen molar-refractivity contribution < 1.29 is 0 Å². The lowest BCUT2D eigenvalue weighted by Crippen LogP contribution is -2.06. The van der Waals surface area contributed by atoms with E-state index >= 15 is 0 Å². The lowest BCUT2D eigenvalue weighted by atomic mass is 9.99. The quantitative estimate of drug-likeness (QED) is 0.165. The first-order valence-electron chi connectivity index (χ1n) is 18.9. The van der Waals surface area contributed by atoms with Crippen LogP contribution in [0.2, 0.25) is 0 Å². The van der Waals surface area contributed by atoms with Gasteiger partial charge in [0.15, 0.2) is 5.69 Å². The first-order chi connectivity index (χ1) is 27.7. The Morgan fingerprint density at radius 2 is 0.875 bits per heavy atom. The van der Waals surface area contributed by atoms with Gasteiger partial charge in [-0.1, -0.05) is 121 Å². The number of hydrogen-bond acceptors (Lipinski definition) is 1. The number of rotatable bonds is 2. The zero-order valence-electron chi connectivity index (χ0n) is 29.8. The minimum Gasteiger partial charge on any atom is -0.308 e. The zero-order chi connectivity index (χ0) is 36.8. The predicted octanol–water partition coefficient (Wildman–Crippen LogP) is 13.9. The van der Waals surface area contributed by atoms with Crippen molar-refractivity contribution in [1.82, 2.24) is 9.13 Å². The van der Waals surface area contributed by atoms with Gasteiger partial charge in [-0.2, -0.15) is 5.26 Å². The van der Waals surface area contributed by atoms with Crippen molar-refractivity contribution in [3.8, 4) is 62.0 Å². The van der Waals surface area contributed by atoms with Crippen molar-refractivity contribution >= 4 is 70.8 Å². The van der Waals surface area contributed by atoms with Gasteiger partial charge in [-0.25, -0.2) is 4.85 Å². The standard InChI is InChI=1S/C52H26N4/c1-54-30-24-29(28-53)50(56-46-23-9-7-17-36(46)44-27-42-34-15-5-3-13-32(34)38-19-11-21-40(49(38)42)52(44)56)47(25-30)55-45-22-8-6-16-35(45)43-26-41-33-14-4-2-12-31(33)37-18-10-20-39(48(37)41)51(43)55/h2-27H. The fourth-order valence-corrected chi connectivity index (χ4v) is 10.3. The van der Waals surface area contributed by atoms with Gasteiger partial charge in [0.1, 0.15) is 6.07 Å². The van der Waals surface area contributed by atoms with Crippen molar-refractivity contribution in [1.29, 1.82) is 5.26 Å². The second-order valence-corrected chi connectivity index (χ2v) is 15.0. The number of nitriles is 1. The molecular formula is C52H26N4. The molecule has 0 spiro atoms. The maximum Gasteiger partial charge on any atom is 0.190 e. The van der Waals surface area contributed by atoms with Gasteiger partial charge in [-0.15, -0.1) is 0 Å². The number of para-hydroxylation sites is 2. The van der Waals surface area contributed by atoms with Gasteiger partial charge in [-0.05, 0) is 91.7 Å². The Balaban J connectivity index is 1.25. The molecule has 2 heterocycles. The third-order valence-corrected chi connectivity index (χ3v) is 12.4. The summed E-state index contributed by atoms with van der Waals surface area (Å²) in [6, 6.07) is 58.8. The van der Waals surface area contributed by atoms with Crippen LogP contribution in [0.4, 0.5) is 5.69 Å². The lowest BCUT2D eigenvalue weighted by molar-refractivity contribution is 1.09. The summed E-state index contributed by atoms with van der Waals surface area (Å²) in [7, 11) is 0. The summed E-state index contributed by atoms with van der Waals surface area (Å²) in [5, 5.41) is 20.4. The van der Waals surface area contributed by atoms with Gasteiger partial charge >= 0.3 is 0 Å². The lowest BCUT2D eigenvalue weighted by Gasteiger charge is -2.20. The van der Waals surface area contributed by atoms with Crippen LogP contribution < -0.4 is 0 Å². The summed E-state index contributed by atoms with van der Waals surface area (Å²) in [6.45, 7) is 8.27. The smallest absolute Gasteiger partial charge is 0.190 e. The SMILES string of the molecule is [C-]#[N+]c1cc(C#N)c(-n2c3ccccc3c3cc4c5c(cccc5c32)-c2ccccc2-4)c(-n2c3ccccc3c3cc4c5c(cccc5c32)-c2ccccc2-4)c1. The molecule has 2 aromatic heterocycles. The Labute approximate surface area is 320 Å². The fraction of sp³-hybridized carbons (Fsp3) is 0. The Bertz CT molecular complexity index is 3730.